The van der Waals surface area contributed by atoms with Crippen molar-refractivity contribution < 1.29 is 23.9 Å². The average Bonchev–Trinajstić information content (AvgIpc) is 2.71. The minimum Gasteiger partial charge on any atom is -0.497 e. The number of ether oxygens (including phenoxy) is 2. The zero-order valence-corrected chi connectivity index (χ0v) is 18.0. The molecule has 0 radical (unpaired) electrons. The first-order valence-corrected chi connectivity index (χ1v) is 9.65. The highest BCUT2D eigenvalue weighted by Gasteiger charge is 2.17. The molecular formula is C23H27N3O5. The Morgan fingerprint density at radius 3 is 2.29 bits per heavy atom. The van der Waals surface area contributed by atoms with Crippen molar-refractivity contribution >= 4 is 35.4 Å². The third-order valence-corrected chi connectivity index (χ3v) is 3.77. The number of nitrogens with one attached hydrogen (secondary N) is 3. The number of alkyl carbamates (subject to hydrolysis) is 1. The SMILES string of the molecule is COc1cccc(/C=C/C(=O)Nc2ccccc2NC(=O)CNC(=O)OC(C)(C)C)c1. The van der Waals surface area contributed by atoms with Crippen LogP contribution in [0.4, 0.5) is 16.2 Å². The molecule has 0 fully saturated rings. The van der Waals surface area contributed by atoms with Crippen molar-refractivity contribution in [3.63, 3.8) is 0 Å². The summed E-state index contributed by atoms with van der Waals surface area (Å²) in [5.41, 5.74) is 0.981. The number of methoxy groups -OCH3 is 1. The molecule has 0 bridgehead atoms. The first-order valence-electron chi connectivity index (χ1n) is 9.65. The quantitative estimate of drug-likeness (QED) is 0.585. The van der Waals surface area contributed by atoms with Gasteiger partial charge in [-0.3, -0.25) is 9.59 Å². The van der Waals surface area contributed by atoms with E-state index in [1.165, 1.54) is 6.08 Å². The molecule has 2 aromatic carbocycles. The molecule has 0 atom stereocenters. The fraction of sp³-hybridized carbons (Fsp3) is 0.261. The predicted octanol–water partition coefficient (Wildman–Crippen LogP) is 3.81. The number of hydrogen-bond acceptors (Lipinski definition) is 5. The van der Waals surface area contributed by atoms with Crippen molar-refractivity contribution in [3.05, 3.63) is 60.2 Å². The van der Waals surface area contributed by atoms with Gasteiger partial charge < -0.3 is 25.4 Å². The second kappa shape index (κ2) is 10.8. The normalized spacial score (nSPS) is 11.0. The predicted molar refractivity (Wildman–Crippen MR) is 120 cm³/mol. The van der Waals surface area contributed by atoms with E-state index in [0.29, 0.717) is 17.1 Å². The summed E-state index contributed by atoms with van der Waals surface area (Å²) in [5, 5.41) is 7.77. The Balaban J connectivity index is 1.95. The summed E-state index contributed by atoms with van der Waals surface area (Å²) in [7, 11) is 1.57. The van der Waals surface area contributed by atoms with Crippen molar-refractivity contribution in [1.82, 2.24) is 5.32 Å². The summed E-state index contributed by atoms with van der Waals surface area (Å²) in [6.07, 6.45) is 2.35. The average molecular weight is 425 g/mol. The van der Waals surface area contributed by atoms with E-state index in [2.05, 4.69) is 16.0 Å². The van der Waals surface area contributed by atoms with Crippen LogP contribution in [0.1, 0.15) is 26.3 Å². The van der Waals surface area contributed by atoms with Crippen LogP contribution >= 0.6 is 0 Å². The van der Waals surface area contributed by atoms with Gasteiger partial charge in [-0.15, -0.1) is 0 Å². The van der Waals surface area contributed by atoms with Crippen LogP contribution in [0.5, 0.6) is 5.75 Å². The lowest BCUT2D eigenvalue weighted by molar-refractivity contribution is -0.115. The number of benzene rings is 2. The second-order valence-corrected chi connectivity index (χ2v) is 7.55. The summed E-state index contributed by atoms with van der Waals surface area (Å²) in [6, 6.07) is 14.0. The molecule has 3 amide bonds. The Bertz CT molecular complexity index is 964. The van der Waals surface area contributed by atoms with Crippen LogP contribution in [0, 0.1) is 0 Å². The molecule has 2 aromatic rings. The monoisotopic (exact) mass is 425 g/mol. The molecule has 0 saturated heterocycles. The van der Waals surface area contributed by atoms with Gasteiger partial charge in [-0.05, 0) is 56.7 Å². The van der Waals surface area contributed by atoms with E-state index in [-0.39, 0.29) is 12.5 Å². The van der Waals surface area contributed by atoms with Gasteiger partial charge in [0.1, 0.15) is 17.9 Å². The number of amides is 3. The highest BCUT2D eigenvalue weighted by atomic mass is 16.6. The molecule has 0 heterocycles. The van der Waals surface area contributed by atoms with Crippen LogP contribution in [0.3, 0.4) is 0 Å². The van der Waals surface area contributed by atoms with Crippen LogP contribution in [0.15, 0.2) is 54.6 Å². The van der Waals surface area contributed by atoms with Crippen LogP contribution in [-0.4, -0.2) is 37.2 Å². The summed E-state index contributed by atoms with van der Waals surface area (Å²) >= 11 is 0. The Labute approximate surface area is 181 Å². The lowest BCUT2D eigenvalue weighted by Crippen LogP contribution is -2.37. The van der Waals surface area contributed by atoms with E-state index in [1.54, 1.807) is 64.3 Å². The van der Waals surface area contributed by atoms with Gasteiger partial charge in [-0.25, -0.2) is 4.79 Å². The molecule has 0 spiro atoms. The molecule has 31 heavy (non-hydrogen) atoms. The third kappa shape index (κ3) is 8.61. The van der Waals surface area contributed by atoms with Crippen LogP contribution in [0.25, 0.3) is 6.08 Å². The standard InChI is InChI=1S/C23H27N3O5/c1-23(2,3)31-22(29)24-15-21(28)26-19-11-6-5-10-18(19)25-20(27)13-12-16-8-7-9-17(14-16)30-4/h5-14H,15H2,1-4H3,(H,24,29)(H,25,27)(H,26,28)/b13-12+. The van der Waals surface area contributed by atoms with Gasteiger partial charge in [0.15, 0.2) is 0 Å². The van der Waals surface area contributed by atoms with Gasteiger partial charge in [-0.1, -0.05) is 24.3 Å². The number of anilines is 2. The molecule has 0 unspecified atom stereocenters. The Morgan fingerprint density at radius 1 is 0.968 bits per heavy atom. The Hall–Kier alpha value is -3.81. The highest BCUT2D eigenvalue weighted by Crippen LogP contribution is 2.21. The number of rotatable bonds is 7. The largest absolute Gasteiger partial charge is 0.497 e. The van der Waals surface area contributed by atoms with E-state index in [0.717, 1.165) is 5.56 Å². The van der Waals surface area contributed by atoms with E-state index in [9.17, 15) is 14.4 Å². The number of carbonyl (C=O) groups excluding carboxylic acids is 3. The molecule has 8 heteroatoms. The van der Waals surface area contributed by atoms with Crippen molar-refractivity contribution in [2.45, 2.75) is 26.4 Å². The van der Waals surface area contributed by atoms with Gasteiger partial charge in [-0.2, -0.15) is 0 Å². The molecule has 0 aliphatic carbocycles. The Kier molecular flexibility index (Phi) is 8.19. The van der Waals surface area contributed by atoms with Gasteiger partial charge in [0.05, 0.1) is 18.5 Å². The van der Waals surface area contributed by atoms with Gasteiger partial charge in [0.25, 0.3) is 0 Å². The van der Waals surface area contributed by atoms with Gasteiger partial charge in [0, 0.05) is 6.08 Å². The fourth-order valence-corrected chi connectivity index (χ4v) is 2.45. The first-order chi connectivity index (χ1) is 14.7. The maximum atomic E-state index is 12.3. The number of hydrogen-bond donors (Lipinski definition) is 3. The molecular weight excluding hydrogens is 398 g/mol. The van der Waals surface area contributed by atoms with E-state index in [4.69, 9.17) is 9.47 Å². The second-order valence-electron chi connectivity index (χ2n) is 7.55. The lowest BCUT2D eigenvalue weighted by atomic mass is 10.2. The van der Waals surface area contributed by atoms with Crippen LogP contribution in [-0.2, 0) is 14.3 Å². The molecule has 0 aromatic heterocycles. The maximum Gasteiger partial charge on any atom is 0.408 e. The topological polar surface area (TPSA) is 106 Å². The molecule has 0 aliphatic rings. The van der Waals surface area contributed by atoms with Crippen molar-refractivity contribution in [3.8, 4) is 5.75 Å². The first kappa shape index (κ1) is 23.5. The number of para-hydroxylation sites is 2. The molecule has 164 valence electrons. The summed E-state index contributed by atoms with van der Waals surface area (Å²) in [6.45, 7) is 4.92. The van der Waals surface area contributed by atoms with Crippen molar-refractivity contribution in [2.75, 3.05) is 24.3 Å². The smallest absolute Gasteiger partial charge is 0.408 e. The lowest BCUT2D eigenvalue weighted by Gasteiger charge is -2.19. The van der Waals surface area contributed by atoms with Crippen molar-refractivity contribution in [2.24, 2.45) is 0 Å². The van der Waals surface area contributed by atoms with Crippen LogP contribution < -0.4 is 20.7 Å². The Morgan fingerprint density at radius 2 is 1.65 bits per heavy atom. The summed E-state index contributed by atoms with van der Waals surface area (Å²) < 4.78 is 10.2. The van der Waals surface area contributed by atoms with E-state index in [1.807, 2.05) is 18.2 Å². The summed E-state index contributed by atoms with van der Waals surface area (Å²) in [5.74, 6) is -0.133. The molecule has 0 saturated carbocycles. The number of carbonyl (C=O) groups is 3. The van der Waals surface area contributed by atoms with Gasteiger partial charge in [0.2, 0.25) is 11.8 Å². The van der Waals surface area contributed by atoms with E-state index >= 15 is 0 Å². The van der Waals surface area contributed by atoms with Crippen molar-refractivity contribution in [1.29, 1.82) is 0 Å². The maximum absolute atomic E-state index is 12.3. The molecule has 8 nitrogen and oxygen atoms in total. The molecule has 2 rings (SSSR count). The zero-order chi connectivity index (χ0) is 22.9. The fourth-order valence-electron chi connectivity index (χ4n) is 2.45. The molecule has 0 aliphatic heterocycles. The third-order valence-electron chi connectivity index (χ3n) is 3.77. The molecule has 3 N–H and O–H groups in total. The summed E-state index contributed by atoms with van der Waals surface area (Å²) in [4.78, 5) is 36.2. The zero-order valence-electron chi connectivity index (χ0n) is 18.0. The van der Waals surface area contributed by atoms with Crippen LogP contribution in [0.2, 0.25) is 0 Å². The van der Waals surface area contributed by atoms with E-state index < -0.39 is 17.6 Å². The minimum atomic E-state index is -0.688. The van der Waals surface area contributed by atoms with Gasteiger partial charge >= 0.3 is 6.09 Å². The highest BCUT2D eigenvalue weighted by molar-refractivity contribution is 6.05. The minimum absolute atomic E-state index is 0.271.